The molecule has 3 nitrogen and oxygen atoms in total. The fraction of sp³-hybridized carbons (Fsp3) is 0.143. The number of nitrogens with one attached hydrogen (secondary N) is 1. The number of hydrogen-bond donors (Lipinski definition) is 3. The van der Waals surface area contributed by atoms with Crippen molar-refractivity contribution in [2.24, 2.45) is 0 Å². The highest BCUT2D eigenvalue weighted by Gasteiger charge is 2.06. The summed E-state index contributed by atoms with van der Waals surface area (Å²) in [6.07, 6.45) is 0. The Kier molecular flexibility index (Phi) is 3.02. The lowest BCUT2D eigenvalue weighted by Gasteiger charge is -2.03. The summed E-state index contributed by atoms with van der Waals surface area (Å²) in [7, 11) is 0. The molecule has 1 aromatic rings. The molecule has 0 aromatic heterocycles. The molecule has 0 saturated heterocycles. The van der Waals surface area contributed by atoms with E-state index in [1.807, 2.05) is 5.48 Å². The van der Waals surface area contributed by atoms with E-state index in [9.17, 15) is 9.50 Å². The maximum atomic E-state index is 12.8. The summed E-state index contributed by atoms with van der Waals surface area (Å²) in [6, 6.07) is 2.38. The summed E-state index contributed by atoms with van der Waals surface area (Å²) in [5, 5.41) is 17.5. The highest BCUT2D eigenvalue weighted by molar-refractivity contribution is 9.10. The number of aromatic hydroxyl groups is 1. The van der Waals surface area contributed by atoms with Crippen molar-refractivity contribution in [3.63, 3.8) is 0 Å². The van der Waals surface area contributed by atoms with E-state index < -0.39 is 5.82 Å². The molecule has 0 amide bonds. The van der Waals surface area contributed by atoms with E-state index in [4.69, 9.17) is 5.21 Å². The van der Waals surface area contributed by atoms with Gasteiger partial charge in [-0.2, -0.15) is 0 Å². The van der Waals surface area contributed by atoms with Gasteiger partial charge in [0.2, 0.25) is 0 Å². The molecule has 0 bridgehead atoms. The van der Waals surface area contributed by atoms with Crippen LogP contribution < -0.4 is 5.48 Å². The lowest BCUT2D eigenvalue weighted by Crippen LogP contribution is -2.06. The lowest BCUT2D eigenvalue weighted by molar-refractivity contribution is 0.160. The normalized spacial score (nSPS) is 10.2. The molecule has 0 saturated carbocycles. The Morgan fingerprint density at radius 2 is 2.17 bits per heavy atom. The molecule has 1 rings (SSSR count). The topological polar surface area (TPSA) is 52.5 Å². The fourth-order valence-electron chi connectivity index (χ4n) is 0.804. The van der Waals surface area contributed by atoms with Crippen LogP contribution in [-0.2, 0) is 6.54 Å². The van der Waals surface area contributed by atoms with Crippen LogP contribution in [0.25, 0.3) is 0 Å². The van der Waals surface area contributed by atoms with E-state index in [1.165, 1.54) is 6.07 Å². The number of phenolic OH excluding ortho intramolecular Hbond substituents is 1. The van der Waals surface area contributed by atoms with Gasteiger partial charge in [0.1, 0.15) is 11.6 Å². The van der Waals surface area contributed by atoms with Crippen molar-refractivity contribution in [2.75, 3.05) is 0 Å². The summed E-state index contributed by atoms with van der Waals surface area (Å²) < 4.78 is 13.0. The molecule has 1 aromatic carbocycles. The third kappa shape index (κ3) is 1.94. The van der Waals surface area contributed by atoms with Gasteiger partial charge in [-0.3, -0.25) is 0 Å². The largest absolute Gasteiger partial charge is 0.508 e. The molecular formula is C7H7BrFNO2. The molecule has 66 valence electrons. The Labute approximate surface area is 76.9 Å². The molecule has 0 aliphatic heterocycles. The molecule has 0 unspecified atom stereocenters. The number of halogens is 2. The predicted octanol–water partition coefficient (Wildman–Crippen LogP) is 1.77. The smallest absolute Gasteiger partial charge is 0.137 e. The first-order valence-electron chi connectivity index (χ1n) is 3.19. The second-order valence-electron chi connectivity index (χ2n) is 2.23. The maximum Gasteiger partial charge on any atom is 0.137 e. The van der Waals surface area contributed by atoms with E-state index >= 15 is 0 Å². The molecule has 0 aliphatic carbocycles. The average molecular weight is 236 g/mol. The van der Waals surface area contributed by atoms with E-state index in [-0.39, 0.29) is 16.8 Å². The van der Waals surface area contributed by atoms with Crippen molar-refractivity contribution in [2.45, 2.75) is 6.54 Å². The Hall–Kier alpha value is -0.650. The minimum atomic E-state index is -0.474. The Bertz CT molecular complexity index is 293. The van der Waals surface area contributed by atoms with Crippen LogP contribution in [0.1, 0.15) is 5.56 Å². The number of rotatable bonds is 2. The van der Waals surface area contributed by atoms with Crippen LogP contribution in [0, 0.1) is 5.82 Å². The Balaban J connectivity index is 3.05. The van der Waals surface area contributed by atoms with Crippen molar-refractivity contribution in [3.8, 4) is 5.75 Å². The minimum Gasteiger partial charge on any atom is -0.508 e. The molecule has 0 atom stereocenters. The quantitative estimate of drug-likeness (QED) is 0.686. The Morgan fingerprint density at radius 3 is 2.75 bits per heavy atom. The first kappa shape index (κ1) is 9.44. The standard InChI is InChI=1S/C7H7BrFNO2/c8-5-2-7(11)4(3-10-12)1-6(5)9/h1-2,10-12H,3H2. The highest BCUT2D eigenvalue weighted by Crippen LogP contribution is 2.25. The van der Waals surface area contributed by atoms with E-state index in [2.05, 4.69) is 15.9 Å². The van der Waals surface area contributed by atoms with Gasteiger partial charge in [-0.25, -0.2) is 9.87 Å². The van der Waals surface area contributed by atoms with Crippen LogP contribution in [-0.4, -0.2) is 10.3 Å². The van der Waals surface area contributed by atoms with Gasteiger partial charge >= 0.3 is 0 Å². The van der Waals surface area contributed by atoms with Gasteiger partial charge < -0.3 is 10.3 Å². The van der Waals surface area contributed by atoms with Crippen molar-refractivity contribution >= 4 is 15.9 Å². The van der Waals surface area contributed by atoms with Gasteiger partial charge in [0.05, 0.1) is 4.47 Å². The number of benzene rings is 1. The number of hydroxylamine groups is 1. The van der Waals surface area contributed by atoms with E-state index in [0.717, 1.165) is 6.07 Å². The summed E-state index contributed by atoms with van der Waals surface area (Å²) in [6.45, 7) is 0.00995. The Morgan fingerprint density at radius 1 is 1.50 bits per heavy atom. The van der Waals surface area contributed by atoms with Crippen molar-refractivity contribution in [1.82, 2.24) is 5.48 Å². The first-order chi connectivity index (χ1) is 5.65. The molecule has 5 heteroatoms. The third-order valence-electron chi connectivity index (χ3n) is 1.39. The van der Waals surface area contributed by atoms with Crippen LogP contribution in [0.15, 0.2) is 16.6 Å². The summed E-state index contributed by atoms with van der Waals surface area (Å²) in [4.78, 5) is 0. The second kappa shape index (κ2) is 3.84. The zero-order chi connectivity index (χ0) is 9.14. The fourth-order valence-corrected chi connectivity index (χ4v) is 1.14. The maximum absolute atomic E-state index is 12.8. The van der Waals surface area contributed by atoms with Crippen LogP contribution in [0.4, 0.5) is 4.39 Å². The second-order valence-corrected chi connectivity index (χ2v) is 3.08. The zero-order valence-corrected chi connectivity index (χ0v) is 7.60. The molecule has 0 heterocycles. The van der Waals surface area contributed by atoms with Gasteiger partial charge in [-0.1, -0.05) is 0 Å². The minimum absolute atomic E-state index is 0.00995. The molecule has 0 aliphatic rings. The van der Waals surface area contributed by atoms with Gasteiger partial charge in [0.15, 0.2) is 0 Å². The highest BCUT2D eigenvalue weighted by atomic mass is 79.9. The third-order valence-corrected chi connectivity index (χ3v) is 2.00. The number of hydrogen-bond acceptors (Lipinski definition) is 3. The lowest BCUT2D eigenvalue weighted by atomic mass is 10.2. The molecule has 0 spiro atoms. The SMILES string of the molecule is ONCc1cc(F)c(Br)cc1O. The summed E-state index contributed by atoms with van der Waals surface area (Å²) in [5.41, 5.74) is 2.13. The molecule has 12 heavy (non-hydrogen) atoms. The van der Waals surface area contributed by atoms with Crippen LogP contribution >= 0.6 is 15.9 Å². The van der Waals surface area contributed by atoms with Crippen molar-refractivity contribution in [3.05, 3.63) is 28.0 Å². The average Bonchev–Trinajstić information content (AvgIpc) is 2.01. The zero-order valence-electron chi connectivity index (χ0n) is 6.01. The van der Waals surface area contributed by atoms with Gasteiger partial charge in [0.25, 0.3) is 0 Å². The van der Waals surface area contributed by atoms with Crippen LogP contribution in [0.3, 0.4) is 0 Å². The van der Waals surface area contributed by atoms with E-state index in [0.29, 0.717) is 5.56 Å². The van der Waals surface area contributed by atoms with Crippen molar-refractivity contribution in [1.29, 1.82) is 0 Å². The van der Waals surface area contributed by atoms with Crippen LogP contribution in [0.2, 0.25) is 0 Å². The van der Waals surface area contributed by atoms with Gasteiger partial charge in [-0.15, -0.1) is 0 Å². The molecule has 0 radical (unpaired) electrons. The van der Waals surface area contributed by atoms with Gasteiger partial charge in [0, 0.05) is 12.1 Å². The summed E-state index contributed by atoms with van der Waals surface area (Å²) in [5.74, 6) is -0.539. The molecular weight excluding hydrogens is 229 g/mol. The molecule has 0 fully saturated rings. The predicted molar refractivity (Wildman–Crippen MR) is 44.4 cm³/mol. The monoisotopic (exact) mass is 235 g/mol. The van der Waals surface area contributed by atoms with Crippen LogP contribution in [0.5, 0.6) is 5.75 Å². The van der Waals surface area contributed by atoms with Gasteiger partial charge in [-0.05, 0) is 28.1 Å². The molecule has 3 N–H and O–H groups in total. The number of phenols is 1. The van der Waals surface area contributed by atoms with E-state index in [1.54, 1.807) is 0 Å². The first-order valence-corrected chi connectivity index (χ1v) is 3.98. The van der Waals surface area contributed by atoms with Crippen molar-refractivity contribution < 1.29 is 14.7 Å². The summed E-state index contributed by atoms with van der Waals surface area (Å²) >= 11 is 2.91.